The molecule has 96 valence electrons. The Morgan fingerprint density at radius 3 is 2.71 bits per heavy atom. The van der Waals surface area contributed by atoms with E-state index < -0.39 is 18.0 Å². The predicted octanol–water partition coefficient (Wildman–Crippen LogP) is 4.25. The zero-order valence-corrected chi connectivity index (χ0v) is 9.89. The summed E-state index contributed by atoms with van der Waals surface area (Å²) >= 11 is 5.65. The first kappa shape index (κ1) is 12.7. The minimum absolute atomic E-state index is 0.0902. The Hall–Kier alpha value is -0.710. The summed E-state index contributed by atoms with van der Waals surface area (Å²) in [4.78, 5) is 3.86. The van der Waals surface area contributed by atoms with Crippen LogP contribution < -0.4 is 0 Å². The van der Waals surface area contributed by atoms with Crippen molar-refractivity contribution in [3.63, 3.8) is 0 Å². The lowest BCUT2D eigenvalue weighted by atomic mass is 9.77. The van der Waals surface area contributed by atoms with Crippen LogP contribution in [0.4, 0.5) is 13.2 Å². The third-order valence-corrected chi connectivity index (χ3v) is 3.58. The SMILES string of the molecule is FC(F)(F)C1CCCCC1c1ocnc1CCl. The Balaban J connectivity index is 2.28. The maximum Gasteiger partial charge on any atom is 0.392 e. The van der Waals surface area contributed by atoms with Gasteiger partial charge in [-0.3, -0.25) is 0 Å². The number of aromatic nitrogens is 1. The summed E-state index contributed by atoms with van der Waals surface area (Å²) in [5, 5.41) is 0. The van der Waals surface area contributed by atoms with Crippen molar-refractivity contribution in [2.24, 2.45) is 5.92 Å². The molecule has 0 aromatic carbocycles. The maximum absolute atomic E-state index is 12.9. The molecular formula is C11H13ClF3NO. The molecule has 1 aromatic heterocycles. The molecule has 17 heavy (non-hydrogen) atoms. The van der Waals surface area contributed by atoms with Crippen molar-refractivity contribution in [1.29, 1.82) is 0 Å². The fourth-order valence-electron chi connectivity index (χ4n) is 2.52. The fourth-order valence-corrected chi connectivity index (χ4v) is 2.72. The van der Waals surface area contributed by atoms with Crippen molar-refractivity contribution in [3.8, 4) is 0 Å². The van der Waals surface area contributed by atoms with E-state index in [-0.39, 0.29) is 12.3 Å². The van der Waals surface area contributed by atoms with Gasteiger partial charge in [-0.05, 0) is 12.8 Å². The van der Waals surface area contributed by atoms with E-state index >= 15 is 0 Å². The van der Waals surface area contributed by atoms with Crippen LogP contribution >= 0.6 is 11.6 Å². The first-order chi connectivity index (χ1) is 8.04. The van der Waals surface area contributed by atoms with E-state index in [0.29, 0.717) is 24.3 Å². The molecule has 0 radical (unpaired) electrons. The van der Waals surface area contributed by atoms with Gasteiger partial charge in [0.2, 0.25) is 0 Å². The average molecular weight is 268 g/mol. The Kier molecular flexibility index (Phi) is 3.66. The molecule has 0 aliphatic heterocycles. The molecule has 0 saturated heterocycles. The zero-order chi connectivity index (χ0) is 12.5. The van der Waals surface area contributed by atoms with Crippen molar-refractivity contribution in [1.82, 2.24) is 4.98 Å². The highest BCUT2D eigenvalue weighted by molar-refractivity contribution is 6.16. The first-order valence-electron chi connectivity index (χ1n) is 5.59. The summed E-state index contributed by atoms with van der Waals surface area (Å²) in [5.74, 6) is -1.54. The highest BCUT2D eigenvalue weighted by atomic mass is 35.5. The van der Waals surface area contributed by atoms with E-state index in [1.165, 1.54) is 6.39 Å². The van der Waals surface area contributed by atoms with Gasteiger partial charge in [0.25, 0.3) is 0 Å². The molecule has 1 fully saturated rings. The topological polar surface area (TPSA) is 26.0 Å². The molecule has 6 heteroatoms. The first-order valence-corrected chi connectivity index (χ1v) is 6.12. The van der Waals surface area contributed by atoms with Crippen LogP contribution in [0.25, 0.3) is 0 Å². The van der Waals surface area contributed by atoms with Gasteiger partial charge in [-0.2, -0.15) is 13.2 Å². The average Bonchev–Trinajstić information content (AvgIpc) is 2.75. The van der Waals surface area contributed by atoms with Gasteiger partial charge in [-0.25, -0.2) is 4.98 Å². The largest absolute Gasteiger partial charge is 0.448 e. The van der Waals surface area contributed by atoms with Gasteiger partial charge >= 0.3 is 6.18 Å². The number of alkyl halides is 4. The van der Waals surface area contributed by atoms with Crippen molar-refractivity contribution in [2.75, 3.05) is 0 Å². The number of nitrogens with zero attached hydrogens (tertiary/aromatic N) is 1. The van der Waals surface area contributed by atoms with Crippen LogP contribution in [0.3, 0.4) is 0 Å². The highest BCUT2D eigenvalue weighted by Crippen LogP contribution is 2.47. The molecule has 0 spiro atoms. The van der Waals surface area contributed by atoms with Crippen LogP contribution in [0.15, 0.2) is 10.8 Å². The highest BCUT2D eigenvalue weighted by Gasteiger charge is 2.47. The number of hydrogen-bond acceptors (Lipinski definition) is 2. The molecule has 0 amide bonds. The molecule has 2 rings (SSSR count). The number of halogens is 4. The molecular weight excluding hydrogens is 255 g/mol. The van der Waals surface area contributed by atoms with Gasteiger partial charge in [-0.1, -0.05) is 12.8 Å². The quantitative estimate of drug-likeness (QED) is 0.749. The van der Waals surface area contributed by atoms with Crippen LogP contribution in [0, 0.1) is 5.92 Å². The molecule has 0 N–H and O–H groups in total. The molecule has 1 heterocycles. The normalized spacial score (nSPS) is 26.1. The standard InChI is InChI=1S/C11H13ClF3NO/c12-5-9-10(17-6-16-9)7-3-1-2-4-8(7)11(13,14)15/h6-8H,1-5H2. The van der Waals surface area contributed by atoms with Crippen molar-refractivity contribution in [2.45, 2.75) is 43.7 Å². The predicted molar refractivity (Wildman–Crippen MR) is 56.8 cm³/mol. The second-order valence-corrected chi connectivity index (χ2v) is 4.60. The Bertz CT molecular complexity index is 377. The molecule has 0 bridgehead atoms. The van der Waals surface area contributed by atoms with Gasteiger partial charge in [-0.15, -0.1) is 11.6 Å². The third-order valence-electron chi connectivity index (χ3n) is 3.32. The van der Waals surface area contributed by atoms with E-state index in [2.05, 4.69) is 4.98 Å². The lowest BCUT2D eigenvalue weighted by Gasteiger charge is -2.31. The second kappa shape index (κ2) is 4.88. The summed E-state index contributed by atoms with van der Waals surface area (Å²) in [6.07, 6.45) is -0.943. The number of rotatable bonds is 2. The summed E-state index contributed by atoms with van der Waals surface area (Å²) in [6.45, 7) is 0. The third kappa shape index (κ3) is 2.59. The molecule has 1 aliphatic rings. The zero-order valence-electron chi connectivity index (χ0n) is 9.13. The van der Waals surface area contributed by atoms with Crippen molar-refractivity contribution < 1.29 is 17.6 Å². The van der Waals surface area contributed by atoms with E-state index in [9.17, 15) is 13.2 Å². The Labute approximate surface area is 102 Å². The van der Waals surface area contributed by atoms with Crippen LogP contribution in [0.2, 0.25) is 0 Å². The van der Waals surface area contributed by atoms with Crippen LogP contribution in [-0.2, 0) is 5.88 Å². The van der Waals surface area contributed by atoms with E-state index in [1.54, 1.807) is 0 Å². The Morgan fingerprint density at radius 1 is 1.35 bits per heavy atom. The Morgan fingerprint density at radius 2 is 2.06 bits per heavy atom. The summed E-state index contributed by atoms with van der Waals surface area (Å²) in [7, 11) is 0. The lowest BCUT2D eigenvalue weighted by Crippen LogP contribution is -2.31. The van der Waals surface area contributed by atoms with Gasteiger partial charge in [0.05, 0.1) is 17.5 Å². The van der Waals surface area contributed by atoms with Gasteiger partial charge in [0.15, 0.2) is 6.39 Å². The minimum Gasteiger partial charge on any atom is -0.448 e. The fraction of sp³-hybridized carbons (Fsp3) is 0.727. The van der Waals surface area contributed by atoms with E-state index in [4.69, 9.17) is 16.0 Å². The monoisotopic (exact) mass is 267 g/mol. The maximum atomic E-state index is 12.9. The number of hydrogen-bond donors (Lipinski definition) is 0. The summed E-state index contributed by atoms with van der Waals surface area (Å²) in [6, 6.07) is 0. The van der Waals surface area contributed by atoms with Gasteiger partial charge < -0.3 is 4.42 Å². The van der Waals surface area contributed by atoms with Crippen LogP contribution in [0.1, 0.15) is 43.1 Å². The summed E-state index contributed by atoms with van der Waals surface area (Å²) < 4.78 is 43.9. The van der Waals surface area contributed by atoms with E-state index in [0.717, 1.165) is 6.42 Å². The lowest BCUT2D eigenvalue weighted by molar-refractivity contribution is -0.188. The molecule has 1 saturated carbocycles. The van der Waals surface area contributed by atoms with Crippen LogP contribution in [-0.4, -0.2) is 11.2 Å². The second-order valence-electron chi connectivity index (χ2n) is 4.34. The molecule has 1 aromatic rings. The van der Waals surface area contributed by atoms with Crippen molar-refractivity contribution >= 4 is 11.6 Å². The van der Waals surface area contributed by atoms with Crippen LogP contribution in [0.5, 0.6) is 0 Å². The summed E-state index contributed by atoms with van der Waals surface area (Å²) in [5.41, 5.74) is 0.438. The molecule has 2 nitrogen and oxygen atoms in total. The number of oxazole rings is 1. The van der Waals surface area contributed by atoms with E-state index in [1.807, 2.05) is 0 Å². The molecule has 2 unspecified atom stereocenters. The van der Waals surface area contributed by atoms with Crippen molar-refractivity contribution in [3.05, 3.63) is 17.8 Å². The van der Waals surface area contributed by atoms with Gasteiger partial charge in [0, 0.05) is 5.92 Å². The molecule has 1 aliphatic carbocycles. The molecule has 2 atom stereocenters. The minimum atomic E-state index is -4.18. The van der Waals surface area contributed by atoms with Gasteiger partial charge in [0.1, 0.15) is 5.76 Å². The smallest absolute Gasteiger partial charge is 0.392 e.